The number of rotatable bonds is 5. The third kappa shape index (κ3) is 3.33. The van der Waals surface area contributed by atoms with Gasteiger partial charge < -0.3 is 5.73 Å². The number of amides is 1. The maximum atomic E-state index is 11.6. The summed E-state index contributed by atoms with van der Waals surface area (Å²) >= 11 is 5.76. The smallest absolute Gasteiger partial charge is 0.250 e. The monoisotopic (exact) mass is 291 g/mol. The molecule has 0 aromatic carbocycles. The topological polar surface area (TPSA) is 93.4 Å². The first-order valence-corrected chi connectivity index (χ1v) is 7.43. The normalized spacial score (nSPS) is 11.3. The molecule has 0 saturated heterocycles. The predicted molar refractivity (Wildman–Crippen MR) is 70.2 cm³/mol. The van der Waals surface area contributed by atoms with Crippen LogP contribution in [0.1, 0.15) is 23.7 Å². The second-order valence-corrected chi connectivity index (χ2v) is 6.04. The van der Waals surface area contributed by atoms with E-state index in [-0.39, 0.29) is 22.9 Å². The first kappa shape index (κ1) is 14.7. The summed E-state index contributed by atoms with van der Waals surface area (Å²) in [5, 5.41) is 0.0937. The van der Waals surface area contributed by atoms with Gasteiger partial charge in [-0.15, -0.1) is 0 Å². The number of carbonyl (C=O) groups is 1. The van der Waals surface area contributed by atoms with E-state index in [0.29, 0.717) is 6.42 Å². The fraction of sp³-hybridized carbons (Fsp3) is 0.400. The van der Waals surface area contributed by atoms with Crippen molar-refractivity contribution < 1.29 is 13.2 Å². The van der Waals surface area contributed by atoms with E-state index in [1.54, 1.807) is 0 Å². The van der Waals surface area contributed by atoms with E-state index >= 15 is 0 Å². The van der Waals surface area contributed by atoms with Crippen molar-refractivity contribution in [2.45, 2.75) is 13.3 Å². The van der Waals surface area contributed by atoms with Crippen LogP contribution in [0.4, 0.5) is 5.82 Å². The Balaban J connectivity index is 3.30. The van der Waals surface area contributed by atoms with Crippen molar-refractivity contribution in [2.24, 2.45) is 5.73 Å². The van der Waals surface area contributed by atoms with Crippen LogP contribution < -0.4 is 10.0 Å². The summed E-state index contributed by atoms with van der Waals surface area (Å²) in [6, 6.07) is 1.28. The van der Waals surface area contributed by atoms with Crippen molar-refractivity contribution in [3.8, 4) is 0 Å². The molecule has 18 heavy (non-hydrogen) atoms. The van der Waals surface area contributed by atoms with Gasteiger partial charge >= 0.3 is 0 Å². The van der Waals surface area contributed by atoms with Crippen LogP contribution in [0.25, 0.3) is 0 Å². The molecule has 0 spiro atoms. The number of carbonyl (C=O) groups excluding carboxylic acids is 1. The van der Waals surface area contributed by atoms with Gasteiger partial charge in [-0.25, -0.2) is 13.4 Å². The van der Waals surface area contributed by atoms with Gasteiger partial charge in [-0.3, -0.25) is 9.10 Å². The van der Waals surface area contributed by atoms with Gasteiger partial charge in [0.15, 0.2) is 0 Å². The van der Waals surface area contributed by atoms with Crippen molar-refractivity contribution in [1.29, 1.82) is 0 Å². The lowest BCUT2D eigenvalue weighted by molar-refractivity contribution is 0.100. The van der Waals surface area contributed by atoms with Crippen LogP contribution in [0.5, 0.6) is 0 Å². The number of anilines is 1. The third-order valence-electron chi connectivity index (χ3n) is 2.19. The third-order valence-corrected chi connectivity index (χ3v) is 3.66. The summed E-state index contributed by atoms with van der Waals surface area (Å²) in [6.07, 6.45) is 2.90. The lowest BCUT2D eigenvalue weighted by Gasteiger charge is -2.20. The molecule has 1 amide bonds. The number of nitrogens with zero attached hydrogens (tertiary/aromatic N) is 2. The van der Waals surface area contributed by atoms with Crippen molar-refractivity contribution in [3.05, 3.63) is 22.8 Å². The molecule has 0 aliphatic heterocycles. The van der Waals surface area contributed by atoms with E-state index in [9.17, 15) is 13.2 Å². The highest BCUT2D eigenvalue weighted by Crippen LogP contribution is 2.21. The largest absolute Gasteiger partial charge is 0.366 e. The summed E-state index contributed by atoms with van der Waals surface area (Å²) in [6.45, 7) is 2.11. The van der Waals surface area contributed by atoms with Gasteiger partial charge in [0, 0.05) is 12.7 Å². The van der Waals surface area contributed by atoms with Crippen molar-refractivity contribution >= 4 is 33.3 Å². The zero-order chi connectivity index (χ0) is 13.9. The Morgan fingerprint density at radius 1 is 1.56 bits per heavy atom. The quantitative estimate of drug-likeness (QED) is 0.876. The highest BCUT2D eigenvalue weighted by atomic mass is 35.5. The Morgan fingerprint density at radius 3 is 2.61 bits per heavy atom. The molecule has 100 valence electrons. The molecule has 0 unspecified atom stereocenters. The lowest BCUT2D eigenvalue weighted by atomic mass is 10.2. The number of hydrogen-bond acceptors (Lipinski definition) is 4. The fourth-order valence-electron chi connectivity index (χ4n) is 1.41. The van der Waals surface area contributed by atoms with Gasteiger partial charge in [0.25, 0.3) is 0 Å². The highest BCUT2D eigenvalue weighted by molar-refractivity contribution is 7.92. The van der Waals surface area contributed by atoms with E-state index in [2.05, 4.69) is 4.98 Å². The Kier molecular flexibility index (Phi) is 4.53. The molecular formula is C10H14ClN3O3S. The predicted octanol–water partition coefficient (Wildman–Crippen LogP) is 1.01. The Hall–Kier alpha value is -1.34. The van der Waals surface area contributed by atoms with Crippen LogP contribution in [0.3, 0.4) is 0 Å². The molecule has 1 aromatic heterocycles. The van der Waals surface area contributed by atoms with Crippen LogP contribution in [0.15, 0.2) is 12.3 Å². The average Bonchev–Trinajstić information content (AvgIpc) is 2.25. The molecule has 1 heterocycles. The van der Waals surface area contributed by atoms with Crippen molar-refractivity contribution in [1.82, 2.24) is 4.98 Å². The molecule has 1 rings (SSSR count). The van der Waals surface area contributed by atoms with Gasteiger partial charge in [0.1, 0.15) is 5.82 Å². The zero-order valence-corrected chi connectivity index (χ0v) is 11.6. The zero-order valence-electron chi connectivity index (χ0n) is 10.1. The number of pyridine rings is 1. The molecular weight excluding hydrogens is 278 g/mol. The van der Waals surface area contributed by atoms with Crippen molar-refractivity contribution in [2.75, 3.05) is 17.1 Å². The van der Waals surface area contributed by atoms with E-state index in [1.165, 1.54) is 12.3 Å². The fourth-order valence-corrected chi connectivity index (χ4v) is 2.56. The van der Waals surface area contributed by atoms with Crippen LogP contribution in [0, 0.1) is 0 Å². The SMILES string of the molecule is CCCN(c1cc(C(N)=O)c(Cl)cn1)S(C)(=O)=O. The molecule has 0 fully saturated rings. The van der Waals surface area contributed by atoms with E-state index in [1.807, 2.05) is 6.92 Å². The summed E-state index contributed by atoms with van der Waals surface area (Å²) < 4.78 is 24.4. The van der Waals surface area contributed by atoms with E-state index in [0.717, 1.165) is 10.6 Å². The molecule has 0 bridgehead atoms. The molecule has 0 saturated carbocycles. The molecule has 8 heteroatoms. The first-order chi connectivity index (χ1) is 8.27. The molecule has 6 nitrogen and oxygen atoms in total. The lowest BCUT2D eigenvalue weighted by Crippen LogP contribution is -2.31. The van der Waals surface area contributed by atoms with Crippen LogP contribution in [-0.2, 0) is 10.0 Å². The Labute approximate surface area is 111 Å². The number of aromatic nitrogens is 1. The Bertz CT molecular complexity index is 559. The number of halogens is 1. The summed E-state index contributed by atoms with van der Waals surface area (Å²) in [5.74, 6) is -0.592. The summed E-state index contributed by atoms with van der Waals surface area (Å²) in [4.78, 5) is 15.1. The highest BCUT2D eigenvalue weighted by Gasteiger charge is 2.19. The number of sulfonamides is 1. The van der Waals surface area contributed by atoms with Crippen LogP contribution in [0.2, 0.25) is 5.02 Å². The maximum Gasteiger partial charge on any atom is 0.250 e. The molecule has 2 N–H and O–H groups in total. The number of hydrogen-bond donors (Lipinski definition) is 1. The number of nitrogens with two attached hydrogens (primary N) is 1. The Morgan fingerprint density at radius 2 is 2.17 bits per heavy atom. The minimum Gasteiger partial charge on any atom is -0.366 e. The van der Waals surface area contributed by atoms with E-state index < -0.39 is 15.9 Å². The average molecular weight is 292 g/mol. The molecule has 0 radical (unpaired) electrons. The minimum absolute atomic E-state index is 0.0476. The molecule has 1 aromatic rings. The first-order valence-electron chi connectivity index (χ1n) is 5.20. The summed E-state index contributed by atoms with van der Waals surface area (Å²) in [5.41, 5.74) is 5.20. The molecule has 0 aliphatic carbocycles. The second kappa shape index (κ2) is 5.53. The van der Waals surface area contributed by atoms with Gasteiger partial charge in [0.2, 0.25) is 15.9 Å². The minimum atomic E-state index is -3.46. The molecule has 0 aliphatic rings. The van der Waals surface area contributed by atoms with Gasteiger partial charge in [-0.05, 0) is 12.5 Å². The van der Waals surface area contributed by atoms with Gasteiger partial charge in [0.05, 0.1) is 16.8 Å². The summed E-state index contributed by atoms with van der Waals surface area (Å²) in [7, 11) is -3.46. The van der Waals surface area contributed by atoms with Gasteiger partial charge in [-0.1, -0.05) is 18.5 Å². The van der Waals surface area contributed by atoms with E-state index in [4.69, 9.17) is 17.3 Å². The van der Waals surface area contributed by atoms with Crippen LogP contribution in [-0.4, -0.2) is 32.1 Å². The second-order valence-electron chi connectivity index (χ2n) is 3.72. The van der Waals surface area contributed by atoms with Crippen molar-refractivity contribution in [3.63, 3.8) is 0 Å². The van der Waals surface area contributed by atoms with Gasteiger partial charge in [-0.2, -0.15) is 0 Å². The molecule has 0 atom stereocenters. The maximum absolute atomic E-state index is 11.6. The number of primary amides is 1. The standard InChI is InChI=1S/C10H14ClN3O3S/c1-3-4-14(18(2,16)17)9-5-7(10(12)15)8(11)6-13-9/h5-6H,3-4H2,1-2H3,(H2,12,15). The van der Waals surface area contributed by atoms with Crippen LogP contribution >= 0.6 is 11.6 Å².